The number of piperidine rings is 1. The lowest BCUT2D eigenvalue weighted by atomic mass is 10.0. The molecule has 1 aromatic heterocycles. The number of cyclic esters (lactones) is 1. The van der Waals surface area contributed by atoms with Gasteiger partial charge in [-0.1, -0.05) is 18.2 Å². The molecule has 25 heavy (non-hydrogen) atoms. The van der Waals surface area contributed by atoms with Crippen LogP contribution in [0.5, 0.6) is 0 Å². The quantitative estimate of drug-likeness (QED) is 0.807. The van der Waals surface area contributed by atoms with Crippen LogP contribution in [0.1, 0.15) is 53.0 Å². The number of imidazole rings is 1. The van der Waals surface area contributed by atoms with Gasteiger partial charge in [-0.15, -0.1) is 0 Å². The highest BCUT2D eigenvalue weighted by atomic mass is 16.5. The highest BCUT2D eigenvalue weighted by Crippen LogP contribution is 2.34. The highest BCUT2D eigenvalue weighted by Gasteiger charge is 2.34. The molecule has 1 atom stereocenters. The molecule has 3 heterocycles. The summed E-state index contributed by atoms with van der Waals surface area (Å²) in [5.74, 6) is -0.280. The van der Waals surface area contributed by atoms with Crippen LogP contribution in [-0.2, 0) is 9.53 Å². The van der Waals surface area contributed by atoms with E-state index in [2.05, 4.69) is 16.5 Å². The van der Waals surface area contributed by atoms with Crippen LogP contribution in [0.3, 0.4) is 0 Å². The SMILES string of the molecule is Cc1cncn1C1CCN(C(=O)CC2OC(=O)c3ccccc32)CC1. The summed E-state index contributed by atoms with van der Waals surface area (Å²) < 4.78 is 7.58. The number of aromatic nitrogens is 2. The number of esters is 1. The maximum atomic E-state index is 12.6. The normalized spacial score (nSPS) is 20.4. The van der Waals surface area contributed by atoms with Crippen molar-refractivity contribution < 1.29 is 14.3 Å². The number of amides is 1. The second-order valence-electron chi connectivity index (χ2n) is 6.74. The number of hydrogen-bond acceptors (Lipinski definition) is 4. The van der Waals surface area contributed by atoms with Gasteiger partial charge in [0.05, 0.1) is 18.3 Å². The van der Waals surface area contributed by atoms with Gasteiger partial charge in [-0.2, -0.15) is 0 Å². The van der Waals surface area contributed by atoms with E-state index in [-0.39, 0.29) is 18.3 Å². The first-order valence-corrected chi connectivity index (χ1v) is 8.69. The molecule has 130 valence electrons. The summed E-state index contributed by atoms with van der Waals surface area (Å²) in [5, 5.41) is 0. The minimum Gasteiger partial charge on any atom is -0.453 e. The summed E-state index contributed by atoms with van der Waals surface area (Å²) in [7, 11) is 0. The Balaban J connectivity index is 1.37. The number of rotatable bonds is 3. The van der Waals surface area contributed by atoms with Gasteiger partial charge in [-0.05, 0) is 25.8 Å². The van der Waals surface area contributed by atoms with Crippen LogP contribution >= 0.6 is 0 Å². The number of likely N-dealkylation sites (tertiary alicyclic amines) is 1. The fourth-order valence-corrected chi connectivity index (χ4v) is 3.81. The van der Waals surface area contributed by atoms with Crippen molar-refractivity contribution in [3.63, 3.8) is 0 Å². The lowest BCUT2D eigenvalue weighted by molar-refractivity contribution is -0.134. The molecule has 2 aromatic rings. The van der Waals surface area contributed by atoms with Gasteiger partial charge < -0.3 is 14.2 Å². The topological polar surface area (TPSA) is 64.4 Å². The fraction of sp³-hybridized carbons (Fsp3) is 0.421. The second-order valence-corrected chi connectivity index (χ2v) is 6.74. The molecule has 1 amide bonds. The Hall–Kier alpha value is -2.63. The summed E-state index contributed by atoms with van der Waals surface area (Å²) in [6.07, 6.45) is 5.34. The van der Waals surface area contributed by atoms with E-state index in [1.54, 1.807) is 6.07 Å². The Kier molecular flexibility index (Phi) is 4.03. The molecule has 4 rings (SSSR count). The summed E-state index contributed by atoms with van der Waals surface area (Å²) in [6, 6.07) is 7.70. The third kappa shape index (κ3) is 2.92. The average Bonchev–Trinajstić information content (AvgIpc) is 3.19. The summed E-state index contributed by atoms with van der Waals surface area (Å²) in [6.45, 7) is 3.50. The van der Waals surface area contributed by atoms with Crippen LogP contribution in [0.15, 0.2) is 36.8 Å². The number of hydrogen-bond donors (Lipinski definition) is 0. The Morgan fingerprint density at radius 1 is 1.28 bits per heavy atom. The van der Waals surface area contributed by atoms with E-state index in [1.807, 2.05) is 35.6 Å². The van der Waals surface area contributed by atoms with Gasteiger partial charge in [-0.25, -0.2) is 9.78 Å². The van der Waals surface area contributed by atoms with E-state index in [0.717, 1.165) is 37.2 Å². The minimum absolute atomic E-state index is 0.0512. The first kappa shape index (κ1) is 15.9. The van der Waals surface area contributed by atoms with Crippen molar-refractivity contribution in [2.45, 2.75) is 38.3 Å². The standard InChI is InChI=1S/C19H21N3O3/c1-13-11-20-12-22(13)14-6-8-21(9-7-14)18(23)10-17-15-4-2-3-5-16(15)19(24)25-17/h2-5,11-12,14,17H,6-10H2,1H3. The fourth-order valence-electron chi connectivity index (χ4n) is 3.81. The van der Waals surface area contributed by atoms with Gasteiger partial charge in [0.1, 0.15) is 6.10 Å². The van der Waals surface area contributed by atoms with Crippen LogP contribution < -0.4 is 0 Å². The summed E-state index contributed by atoms with van der Waals surface area (Å²) in [4.78, 5) is 30.6. The number of aryl methyl sites for hydroxylation is 1. The molecule has 0 N–H and O–H groups in total. The Morgan fingerprint density at radius 3 is 2.76 bits per heavy atom. The number of nitrogens with zero attached hydrogens (tertiary/aromatic N) is 3. The van der Waals surface area contributed by atoms with Crippen molar-refractivity contribution in [3.8, 4) is 0 Å². The molecule has 0 bridgehead atoms. The molecule has 1 aromatic carbocycles. The van der Waals surface area contributed by atoms with Crippen LogP contribution in [0.2, 0.25) is 0 Å². The molecular formula is C19H21N3O3. The van der Waals surface area contributed by atoms with E-state index in [1.165, 1.54) is 0 Å². The van der Waals surface area contributed by atoms with Crippen molar-refractivity contribution in [1.82, 2.24) is 14.5 Å². The van der Waals surface area contributed by atoms with Gasteiger partial charge in [0.25, 0.3) is 0 Å². The maximum absolute atomic E-state index is 12.6. The molecule has 0 aliphatic carbocycles. The zero-order valence-corrected chi connectivity index (χ0v) is 14.2. The molecule has 0 spiro atoms. The van der Waals surface area contributed by atoms with Crippen LogP contribution in [0, 0.1) is 6.92 Å². The van der Waals surface area contributed by atoms with E-state index >= 15 is 0 Å². The van der Waals surface area contributed by atoms with Crippen molar-refractivity contribution in [1.29, 1.82) is 0 Å². The summed E-state index contributed by atoms with van der Waals surface area (Å²) >= 11 is 0. The molecule has 2 aliphatic heterocycles. The molecule has 6 nitrogen and oxygen atoms in total. The van der Waals surface area contributed by atoms with Gasteiger partial charge >= 0.3 is 5.97 Å². The molecular weight excluding hydrogens is 318 g/mol. The number of carbonyl (C=O) groups excluding carboxylic acids is 2. The number of fused-ring (bicyclic) bond motifs is 1. The first-order valence-electron chi connectivity index (χ1n) is 8.69. The average molecular weight is 339 g/mol. The third-order valence-corrected chi connectivity index (χ3v) is 5.21. The molecule has 1 saturated heterocycles. The number of benzene rings is 1. The monoisotopic (exact) mass is 339 g/mol. The van der Waals surface area contributed by atoms with Gasteiger partial charge in [0.15, 0.2) is 0 Å². The second kappa shape index (κ2) is 6.35. The third-order valence-electron chi connectivity index (χ3n) is 5.21. The van der Waals surface area contributed by atoms with Crippen molar-refractivity contribution in [2.75, 3.05) is 13.1 Å². The maximum Gasteiger partial charge on any atom is 0.339 e. The van der Waals surface area contributed by atoms with Gasteiger partial charge in [0, 0.05) is 36.6 Å². The zero-order valence-electron chi connectivity index (χ0n) is 14.2. The predicted octanol–water partition coefficient (Wildman–Crippen LogP) is 2.66. The molecule has 0 radical (unpaired) electrons. The van der Waals surface area contributed by atoms with E-state index < -0.39 is 6.10 Å². The Labute approximate surface area is 146 Å². The largest absolute Gasteiger partial charge is 0.453 e. The highest BCUT2D eigenvalue weighted by molar-refractivity contribution is 5.94. The first-order chi connectivity index (χ1) is 12.1. The number of ether oxygens (including phenoxy) is 1. The molecule has 6 heteroatoms. The van der Waals surface area contributed by atoms with Gasteiger partial charge in [-0.3, -0.25) is 4.79 Å². The van der Waals surface area contributed by atoms with Crippen LogP contribution in [-0.4, -0.2) is 39.4 Å². The molecule has 0 saturated carbocycles. The minimum atomic E-state index is -0.454. The Morgan fingerprint density at radius 2 is 2.04 bits per heavy atom. The van der Waals surface area contributed by atoms with Crippen LogP contribution in [0.25, 0.3) is 0 Å². The molecule has 1 fully saturated rings. The van der Waals surface area contributed by atoms with E-state index in [0.29, 0.717) is 11.6 Å². The van der Waals surface area contributed by atoms with Crippen molar-refractivity contribution in [2.24, 2.45) is 0 Å². The predicted molar refractivity (Wildman–Crippen MR) is 91.0 cm³/mol. The van der Waals surface area contributed by atoms with E-state index in [4.69, 9.17) is 4.74 Å². The summed E-state index contributed by atoms with van der Waals surface area (Å²) in [5.41, 5.74) is 2.55. The van der Waals surface area contributed by atoms with Crippen molar-refractivity contribution >= 4 is 11.9 Å². The smallest absolute Gasteiger partial charge is 0.339 e. The lowest BCUT2D eigenvalue weighted by Crippen LogP contribution is -2.39. The Bertz CT molecular complexity index is 806. The van der Waals surface area contributed by atoms with Gasteiger partial charge in [0.2, 0.25) is 5.91 Å². The number of carbonyl (C=O) groups is 2. The van der Waals surface area contributed by atoms with Crippen molar-refractivity contribution in [3.05, 3.63) is 53.6 Å². The lowest BCUT2D eigenvalue weighted by Gasteiger charge is -2.33. The zero-order chi connectivity index (χ0) is 17.4. The molecule has 2 aliphatic rings. The van der Waals surface area contributed by atoms with Crippen LogP contribution in [0.4, 0.5) is 0 Å². The van der Waals surface area contributed by atoms with E-state index in [9.17, 15) is 9.59 Å². The molecule has 1 unspecified atom stereocenters.